The Kier molecular flexibility index (Phi) is 13.5. The molecule has 1 saturated heterocycles. The summed E-state index contributed by atoms with van der Waals surface area (Å²) >= 11 is 0. The van der Waals surface area contributed by atoms with E-state index in [1.54, 1.807) is 0 Å². The molecule has 0 spiro atoms. The van der Waals surface area contributed by atoms with Gasteiger partial charge in [0.1, 0.15) is 18.8 Å². The topological polar surface area (TPSA) is 171 Å². The number of hydrogen-bond donors (Lipinski definition) is 2. The molecule has 0 aromatic heterocycles. The quantitative estimate of drug-likeness (QED) is 0.171. The van der Waals surface area contributed by atoms with Crippen molar-refractivity contribution in [3.63, 3.8) is 0 Å². The summed E-state index contributed by atoms with van der Waals surface area (Å²) in [6, 6.07) is -1.02. The first-order valence-corrected chi connectivity index (χ1v) is 10.5. The van der Waals surface area contributed by atoms with E-state index in [1.807, 2.05) is 0 Å². The zero-order valence-electron chi connectivity index (χ0n) is 19.4. The predicted octanol–water partition coefficient (Wildman–Crippen LogP) is -1.35. The van der Waals surface area contributed by atoms with Crippen molar-refractivity contribution in [3.8, 4) is 0 Å². The van der Waals surface area contributed by atoms with Gasteiger partial charge in [0, 0.05) is 34.2 Å². The van der Waals surface area contributed by atoms with E-state index in [2.05, 4.69) is 5.32 Å². The number of nitrogens with two attached hydrogens (primary N) is 1. The molecule has 0 radical (unpaired) electrons. The van der Waals surface area contributed by atoms with Gasteiger partial charge in [-0.05, 0) is 0 Å². The summed E-state index contributed by atoms with van der Waals surface area (Å²) in [6.07, 6.45) is -4.48. The summed E-state index contributed by atoms with van der Waals surface area (Å²) < 4.78 is 37.9. The molecule has 13 heteroatoms. The molecule has 190 valence electrons. The van der Waals surface area contributed by atoms with Crippen LogP contribution in [0.15, 0.2) is 0 Å². The third-order valence-electron chi connectivity index (χ3n) is 4.22. The van der Waals surface area contributed by atoms with Crippen LogP contribution in [-0.2, 0) is 52.3 Å². The van der Waals surface area contributed by atoms with Gasteiger partial charge in [0.05, 0.1) is 33.0 Å². The average Bonchev–Trinajstić information content (AvgIpc) is 2.71. The van der Waals surface area contributed by atoms with Gasteiger partial charge in [-0.25, -0.2) is 0 Å². The van der Waals surface area contributed by atoms with Crippen molar-refractivity contribution in [2.45, 2.75) is 58.3 Å². The Morgan fingerprint density at radius 3 is 1.94 bits per heavy atom. The van der Waals surface area contributed by atoms with Crippen LogP contribution in [-0.4, -0.2) is 101 Å². The van der Waals surface area contributed by atoms with Crippen LogP contribution in [0.1, 0.15) is 27.7 Å². The molecule has 5 atom stereocenters. The smallest absolute Gasteiger partial charge is 0.303 e. The van der Waals surface area contributed by atoms with Crippen molar-refractivity contribution >= 4 is 23.8 Å². The van der Waals surface area contributed by atoms with Gasteiger partial charge >= 0.3 is 17.9 Å². The molecule has 1 aliphatic heterocycles. The SMILES string of the molecule is CC(=O)N[C@@H]1[C@@H](OCCOCCOCCN)O[C@@H](COC(C)=O)[C@@H](OC(C)=O)[C@H]1OC(C)=O. The average molecular weight is 478 g/mol. The fraction of sp³-hybridized carbons (Fsp3) is 0.800. The van der Waals surface area contributed by atoms with Crippen molar-refractivity contribution in [2.75, 3.05) is 46.2 Å². The molecule has 0 aromatic carbocycles. The molecule has 0 aromatic rings. The van der Waals surface area contributed by atoms with Crippen LogP contribution in [0, 0.1) is 0 Å². The summed E-state index contributed by atoms with van der Waals surface area (Å²) in [5.41, 5.74) is 5.33. The van der Waals surface area contributed by atoms with Gasteiger partial charge in [-0.3, -0.25) is 19.2 Å². The molecule has 3 N–H and O–H groups in total. The highest BCUT2D eigenvalue weighted by atomic mass is 16.7. The second-order valence-corrected chi connectivity index (χ2v) is 7.10. The number of esters is 3. The first-order valence-electron chi connectivity index (χ1n) is 10.5. The van der Waals surface area contributed by atoms with Crippen LogP contribution >= 0.6 is 0 Å². The molecule has 0 bridgehead atoms. The van der Waals surface area contributed by atoms with E-state index in [0.717, 1.165) is 6.92 Å². The molecule has 1 heterocycles. The first-order chi connectivity index (χ1) is 15.6. The second kappa shape index (κ2) is 15.5. The Morgan fingerprint density at radius 2 is 1.39 bits per heavy atom. The number of hydrogen-bond acceptors (Lipinski definition) is 12. The number of carbonyl (C=O) groups is 4. The highest BCUT2D eigenvalue weighted by Crippen LogP contribution is 2.28. The number of ether oxygens (including phenoxy) is 7. The van der Waals surface area contributed by atoms with E-state index in [1.165, 1.54) is 20.8 Å². The zero-order chi connectivity index (χ0) is 24.8. The van der Waals surface area contributed by atoms with Gasteiger partial charge in [-0.2, -0.15) is 0 Å². The third kappa shape index (κ3) is 11.4. The van der Waals surface area contributed by atoms with E-state index >= 15 is 0 Å². The van der Waals surface area contributed by atoms with Crippen molar-refractivity contribution < 1.29 is 52.3 Å². The van der Waals surface area contributed by atoms with Gasteiger partial charge in [0.25, 0.3) is 0 Å². The molecule has 0 aliphatic carbocycles. The van der Waals surface area contributed by atoms with Crippen molar-refractivity contribution in [1.82, 2.24) is 5.32 Å². The Hall–Kier alpha value is -2.32. The van der Waals surface area contributed by atoms with Gasteiger partial charge in [0.15, 0.2) is 18.5 Å². The third-order valence-corrected chi connectivity index (χ3v) is 4.22. The maximum atomic E-state index is 11.8. The Bertz CT molecular complexity index is 646. The molecular weight excluding hydrogens is 444 g/mol. The summed E-state index contributed by atoms with van der Waals surface area (Å²) in [6.45, 7) is 6.28. The Morgan fingerprint density at radius 1 is 0.818 bits per heavy atom. The minimum Gasteiger partial charge on any atom is -0.463 e. The van der Waals surface area contributed by atoms with Gasteiger partial charge in [-0.15, -0.1) is 0 Å². The molecule has 0 saturated carbocycles. The zero-order valence-corrected chi connectivity index (χ0v) is 19.4. The Labute approximate surface area is 192 Å². The van der Waals surface area contributed by atoms with Crippen LogP contribution in [0.3, 0.4) is 0 Å². The van der Waals surface area contributed by atoms with Crippen LogP contribution in [0.2, 0.25) is 0 Å². The summed E-state index contributed by atoms with van der Waals surface area (Å²) in [5.74, 6) is -2.40. The summed E-state index contributed by atoms with van der Waals surface area (Å²) in [7, 11) is 0. The predicted molar refractivity (Wildman–Crippen MR) is 111 cm³/mol. The normalized spacial score (nSPS) is 24.6. The van der Waals surface area contributed by atoms with Crippen LogP contribution < -0.4 is 11.1 Å². The second-order valence-electron chi connectivity index (χ2n) is 7.10. The lowest BCUT2D eigenvalue weighted by Crippen LogP contribution is -2.66. The van der Waals surface area contributed by atoms with Crippen molar-refractivity contribution in [2.24, 2.45) is 5.73 Å². The highest BCUT2D eigenvalue weighted by Gasteiger charge is 2.51. The van der Waals surface area contributed by atoms with E-state index in [-0.39, 0.29) is 19.8 Å². The molecule has 13 nitrogen and oxygen atoms in total. The van der Waals surface area contributed by atoms with E-state index < -0.39 is 54.5 Å². The van der Waals surface area contributed by atoms with Gasteiger partial charge in [-0.1, -0.05) is 0 Å². The molecule has 1 aliphatic rings. The first kappa shape index (κ1) is 28.7. The minimum absolute atomic E-state index is 0.0585. The fourth-order valence-corrected chi connectivity index (χ4v) is 3.06. The lowest BCUT2D eigenvalue weighted by Gasteiger charge is -2.44. The number of rotatable bonds is 14. The van der Waals surface area contributed by atoms with Crippen molar-refractivity contribution in [1.29, 1.82) is 0 Å². The molecular formula is C20H34N2O11. The van der Waals surface area contributed by atoms with E-state index in [4.69, 9.17) is 38.9 Å². The summed E-state index contributed by atoms with van der Waals surface area (Å²) in [5, 5.41) is 2.61. The molecule has 1 amide bonds. The van der Waals surface area contributed by atoms with Gasteiger partial charge in [0.2, 0.25) is 5.91 Å². The number of nitrogens with one attached hydrogen (secondary N) is 1. The van der Waals surface area contributed by atoms with Gasteiger partial charge < -0.3 is 44.2 Å². The molecule has 1 rings (SSSR count). The maximum Gasteiger partial charge on any atom is 0.303 e. The minimum atomic E-state index is -1.17. The standard InChI is InChI=1S/C20H34N2O11/c1-12(23)22-17-19(32-15(4)26)18(31-14(3)25)16(11-30-13(2)24)33-20(17)29-10-9-28-8-7-27-6-5-21/h16-20H,5-11,21H2,1-4H3,(H,22,23)/t16-,17-,18+,19-,20-/m0/s1. The monoisotopic (exact) mass is 478 g/mol. The fourth-order valence-electron chi connectivity index (χ4n) is 3.06. The largest absolute Gasteiger partial charge is 0.463 e. The van der Waals surface area contributed by atoms with E-state index in [9.17, 15) is 19.2 Å². The van der Waals surface area contributed by atoms with E-state index in [0.29, 0.717) is 26.4 Å². The molecule has 0 unspecified atom stereocenters. The summed E-state index contributed by atoms with van der Waals surface area (Å²) in [4.78, 5) is 46.6. The number of carbonyl (C=O) groups excluding carboxylic acids is 4. The number of amides is 1. The molecule has 33 heavy (non-hydrogen) atoms. The Balaban J connectivity index is 2.95. The van der Waals surface area contributed by atoms with Crippen LogP contribution in [0.4, 0.5) is 0 Å². The van der Waals surface area contributed by atoms with Crippen LogP contribution in [0.5, 0.6) is 0 Å². The lowest BCUT2D eigenvalue weighted by molar-refractivity contribution is -0.279. The van der Waals surface area contributed by atoms with Crippen LogP contribution in [0.25, 0.3) is 0 Å². The van der Waals surface area contributed by atoms with Crippen molar-refractivity contribution in [3.05, 3.63) is 0 Å². The molecule has 1 fully saturated rings. The lowest BCUT2D eigenvalue weighted by atomic mass is 9.96. The maximum absolute atomic E-state index is 11.8. The highest BCUT2D eigenvalue weighted by molar-refractivity contribution is 5.73.